The van der Waals surface area contributed by atoms with Gasteiger partial charge in [-0.15, -0.1) is 11.3 Å². The molecule has 168 valence electrons. The minimum absolute atomic E-state index is 1.27. The van der Waals surface area contributed by atoms with Gasteiger partial charge in [0.05, 0.1) is 0 Å². The highest BCUT2D eigenvalue weighted by Crippen LogP contribution is 2.41. The lowest BCUT2D eigenvalue weighted by Crippen LogP contribution is -1.89. The fourth-order valence-electron chi connectivity index (χ4n) is 6.04. The highest BCUT2D eigenvalue weighted by molar-refractivity contribution is 7.25. The van der Waals surface area contributed by atoms with E-state index in [2.05, 4.69) is 122 Å². The van der Waals surface area contributed by atoms with E-state index < -0.39 is 0 Å². The van der Waals surface area contributed by atoms with Crippen molar-refractivity contribution in [2.45, 2.75) is 6.92 Å². The van der Waals surface area contributed by atoms with Crippen molar-refractivity contribution < 1.29 is 0 Å². The largest absolute Gasteiger partial charge is 0.135 e. The summed E-state index contributed by atoms with van der Waals surface area (Å²) in [5.74, 6) is 0. The van der Waals surface area contributed by atoms with Crippen molar-refractivity contribution in [3.63, 3.8) is 0 Å². The van der Waals surface area contributed by atoms with Crippen molar-refractivity contribution in [1.82, 2.24) is 0 Å². The Kier molecular flexibility index (Phi) is 4.12. The molecule has 7 aromatic carbocycles. The first-order chi connectivity index (χ1) is 17.7. The minimum atomic E-state index is 1.27. The van der Waals surface area contributed by atoms with Gasteiger partial charge in [0.15, 0.2) is 0 Å². The number of thiophene rings is 1. The Morgan fingerprint density at radius 2 is 1.11 bits per heavy atom. The van der Waals surface area contributed by atoms with Gasteiger partial charge in [-0.05, 0) is 85.3 Å². The predicted molar refractivity (Wildman–Crippen MR) is 159 cm³/mol. The lowest BCUT2D eigenvalue weighted by molar-refractivity contribution is 1.46. The van der Waals surface area contributed by atoms with Crippen LogP contribution in [0.5, 0.6) is 0 Å². The molecule has 1 heteroatoms. The zero-order valence-electron chi connectivity index (χ0n) is 19.9. The molecule has 1 aromatic heterocycles. The predicted octanol–water partition coefficient (Wildman–Crippen LogP) is 10.6. The van der Waals surface area contributed by atoms with Gasteiger partial charge in [0.2, 0.25) is 0 Å². The molecule has 8 rings (SSSR count). The van der Waals surface area contributed by atoms with Crippen LogP contribution in [0.15, 0.2) is 115 Å². The summed E-state index contributed by atoms with van der Waals surface area (Å²) in [4.78, 5) is 0. The van der Waals surface area contributed by atoms with E-state index in [4.69, 9.17) is 0 Å². The summed E-state index contributed by atoms with van der Waals surface area (Å²) in [6, 6.07) is 42.8. The quantitative estimate of drug-likeness (QED) is 0.219. The third-order valence-corrected chi connectivity index (χ3v) is 8.91. The molecule has 0 saturated heterocycles. The first-order valence-electron chi connectivity index (χ1n) is 12.4. The standard InChI is InChI=1S/C35H22S/c1-21-19-25(13-15-27(21)26-14-18-33-31(20-26)29-7-2-3-8-32(29)36-33)28-16-11-24-10-9-22-5-4-6-23-12-17-30(28)35(24)34(22)23/h2-20H,1H3. The summed E-state index contributed by atoms with van der Waals surface area (Å²) in [6.07, 6.45) is 0. The molecule has 0 unspecified atom stereocenters. The number of rotatable bonds is 2. The monoisotopic (exact) mass is 474 g/mol. The summed E-state index contributed by atoms with van der Waals surface area (Å²) >= 11 is 1.87. The second-order valence-corrected chi connectivity index (χ2v) is 10.9. The second-order valence-electron chi connectivity index (χ2n) is 9.81. The second kappa shape index (κ2) is 7.40. The van der Waals surface area contributed by atoms with E-state index in [9.17, 15) is 0 Å². The molecule has 0 nitrogen and oxygen atoms in total. The summed E-state index contributed by atoms with van der Waals surface area (Å²) in [6.45, 7) is 2.24. The van der Waals surface area contributed by atoms with Crippen molar-refractivity contribution in [3.05, 3.63) is 121 Å². The van der Waals surface area contributed by atoms with Crippen LogP contribution < -0.4 is 0 Å². The summed E-state index contributed by atoms with van der Waals surface area (Å²) < 4.78 is 2.70. The Balaban J connectivity index is 1.30. The molecule has 8 aromatic rings. The topological polar surface area (TPSA) is 0 Å². The van der Waals surface area contributed by atoms with E-state index in [1.54, 1.807) is 0 Å². The van der Waals surface area contributed by atoms with Crippen molar-refractivity contribution in [1.29, 1.82) is 0 Å². The molecule has 0 spiro atoms. The van der Waals surface area contributed by atoms with Gasteiger partial charge in [0.25, 0.3) is 0 Å². The third kappa shape index (κ3) is 2.81. The van der Waals surface area contributed by atoms with Crippen LogP contribution in [0, 0.1) is 6.92 Å². The molecule has 0 N–H and O–H groups in total. The van der Waals surface area contributed by atoms with Crippen molar-refractivity contribution in [3.8, 4) is 22.3 Å². The van der Waals surface area contributed by atoms with E-state index in [1.807, 2.05) is 11.3 Å². The first kappa shape index (κ1) is 20.0. The van der Waals surface area contributed by atoms with Gasteiger partial charge in [0.1, 0.15) is 0 Å². The maximum atomic E-state index is 2.37. The minimum Gasteiger partial charge on any atom is -0.135 e. The summed E-state index contributed by atoms with van der Waals surface area (Å²) in [5, 5.41) is 10.7. The summed E-state index contributed by atoms with van der Waals surface area (Å²) in [7, 11) is 0. The fourth-order valence-corrected chi connectivity index (χ4v) is 7.12. The Labute approximate surface area is 213 Å². The van der Waals surface area contributed by atoms with Gasteiger partial charge in [-0.2, -0.15) is 0 Å². The summed E-state index contributed by atoms with van der Waals surface area (Å²) in [5.41, 5.74) is 6.46. The zero-order chi connectivity index (χ0) is 23.8. The average Bonchev–Trinajstić information content (AvgIpc) is 3.29. The van der Waals surface area contributed by atoms with Crippen LogP contribution in [0.3, 0.4) is 0 Å². The molecular formula is C35H22S. The first-order valence-corrected chi connectivity index (χ1v) is 13.3. The lowest BCUT2D eigenvalue weighted by Gasteiger charge is -2.15. The molecule has 1 heterocycles. The van der Waals surface area contributed by atoms with Crippen LogP contribution in [0.25, 0.3) is 74.7 Å². The van der Waals surface area contributed by atoms with E-state index in [1.165, 1.54) is 80.3 Å². The molecule has 0 aliphatic carbocycles. The van der Waals surface area contributed by atoms with Gasteiger partial charge in [-0.1, -0.05) is 97.1 Å². The van der Waals surface area contributed by atoms with E-state index in [0.717, 1.165) is 0 Å². The third-order valence-electron chi connectivity index (χ3n) is 7.75. The number of fused-ring (bicyclic) bond motifs is 3. The zero-order valence-corrected chi connectivity index (χ0v) is 20.7. The van der Waals surface area contributed by atoms with Gasteiger partial charge in [-0.25, -0.2) is 0 Å². The number of benzene rings is 7. The Morgan fingerprint density at radius 3 is 1.97 bits per heavy atom. The maximum absolute atomic E-state index is 2.37. The smallest absolute Gasteiger partial charge is 0.0355 e. The van der Waals surface area contributed by atoms with E-state index in [-0.39, 0.29) is 0 Å². The van der Waals surface area contributed by atoms with Gasteiger partial charge >= 0.3 is 0 Å². The van der Waals surface area contributed by atoms with Crippen LogP contribution >= 0.6 is 11.3 Å². The maximum Gasteiger partial charge on any atom is 0.0355 e. The molecular weight excluding hydrogens is 452 g/mol. The molecule has 0 atom stereocenters. The van der Waals surface area contributed by atoms with Crippen LogP contribution in [0.2, 0.25) is 0 Å². The molecule has 0 fully saturated rings. The van der Waals surface area contributed by atoms with Crippen LogP contribution in [0.4, 0.5) is 0 Å². The molecule has 0 bridgehead atoms. The van der Waals surface area contributed by atoms with Crippen molar-refractivity contribution in [2.24, 2.45) is 0 Å². The van der Waals surface area contributed by atoms with Gasteiger partial charge in [0, 0.05) is 20.2 Å². The number of hydrogen-bond donors (Lipinski definition) is 0. The molecule has 0 saturated carbocycles. The highest BCUT2D eigenvalue weighted by Gasteiger charge is 2.13. The normalized spacial score (nSPS) is 12.0. The van der Waals surface area contributed by atoms with Crippen LogP contribution in [0.1, 0.15) is 5.56 Å². The molecule has 0 aliphatic heterocycles. The Bertz CT molecular complexity index is 2090. The van der Waals surface area contributed by atoms with E-state index >= 15 is 0 Å². The van der Waals surface area contributed by atoms with Crippen molar-refractivity contribution in [2.75, 3.05) is 0 Å². The Morgan fingerprint density at radius 1 is 0.444 bits per heavy atom. The molecule has 0 amide bonds. The fraction of sp³-hybridized carbons (Fsp3) is 0.0286. The average molecular weight is 475 g/mol. The molecule has 0 aliphatic rings. The van der Waals surface area contributed by atoms with Crippen molar-refractivity contribution >= 4 is 63.8 Å². The SMILES string of the molecule is Cc1cc(-c2ccc3ccc4cccc5ccc2c3c45)ccc1-c1ccc2sc3ccccc3c2c1. The molecule has 36 heavy (non-hydrogen) atoms. The van der Waals surface area contributed by atoms with Crippen LogP contribution in [-0.4, -0.2) is 0 Å². The van der Waals surface area contributed by atoms with Crippen LogP contribution in [-0.2, 0) is 0 Å². The lowest BCUT2D eigenvalue weighted by atomic mass is 9.88. The van der Waals surface area contributed by atoms with E-state index in [0.29, 0.717) is 0 Å². The number of aryl methyl sites for hydroxylation is 1. The van der Waals surface area contributed by atoms with Gasteiger partial charge in [-0.3, -0.25) is 0 Å². The Hall–Kier alpha value is -4.20. The highest BCUT2D eigenvalue weighted by atomic mass is 32.1. The van der Waals surface area contributed by atoms with Gasteiger partial charge < -0.3 is 0 Å². The molecule has 0 radical (unpaired) electrons. The number of hydrogen-bond acceptors (Lipinski definition) is 1.